The summed E-state index contributed by atoms with van der Waals surface area (Å²) in [6.07, 6.45) is 0. The van der Waals surface area contributed by atoms with E-state index in [4.69, 9.17) is 34.8 Å². The quantitative estimate of drug-likeness (QED) is 0.468. The van der Waals surface area contributed by atoms with Crippen LogP contribution in [0.1, 0.15) is 38.8 Å². The number of carbonyl (C=O) groups excluding carboxylic acids is 2. The molecule has 0 spiro atoms. The molecule has 2 amide bonds. The van der Waals surface area contributed by atoms with E-state index in [0.717, 1.165) is 5.56 Å². The maximum Gasteiger partial charge on any atom is 0.242 e. The lowest BCUT2D eigenvalue weighted by molar-refractivity contribution is -0.139. The summed E-state index contributed by atoms with van der Waals surface area (Å²) in [7, 11) is 0. The largest absolute Gasteiger partial charge is 0.350 e. The van der Waals surface area contributed by atoms with Crippen LogP contribution in [0.25, 0.3) is 0 Å². The van der Waals surface area contributed by atoms with Crippen LogP contribution in [-0.4, -0.2) is 34.0 Å². The summed E-state index contributed by atoms with van der Waals surface area (Å²) in [6, 6.07) is 12.0. The molecule has 0 bridgehead atoms. The Balaban J connectivity index is 2.16. The number of nitrogens with zero attached hydrogens (tertiary/aromatic N) is 1. The van der Waals surface area contributed by atoms with Crippen LogP contribution in [0, 0.1) is 0 Å². The standard InChI is InChI=1S/C23H27Cl3N2O2S/c1-15(22(30)27-23(2,3)4)28(12-18-19(25)6-5-7-20(18)26)21(29)14-31-13-16-8-10-17(24)11-9-16/h5-11,15H,12-14H2,1-4H3,(H,27,30)/t15-/m1/s1. The van der Waals surface area contributed by atoms with Crippen molar-refractivity contribution in [3.63, 3.8) is 0 Å². The molecule has 0 aliphatic rings. The van der Waals surface area contributed by atoms with Crippen molar-refractivity contribution in [3.05, 3.63) is 68.7 Å². The van der Waals surface area contributed by atoms with Crippen molar-refractivity contribution in [2.75, 3.05) is 5.75 Å². The Kier molecular flexibility index (Phi) is 9.56. The van der Waals surface area contributed by atoms with Gasteiger partial charge in [-0.15, -0.1) is 11.8 Å². The maximum atomic E-state index is 13.1. The molecule has 0 saturated carbocycles. The van der Waals surface area contributed by atoms with E-state index >= 15 is 0 Å². The summed E-state index contributed by atoms with van der Waals surface area (Å²) >= 11 is 20.1. The van der Waals surface area contributed by atoms with Crippen LogP contribution in [0.3, 0.4) is 0 Å². The molecule has 0 aliphatic carbocycles. The molecule has 0 saturated heterocycles. The average molecular weight is 502 g/mol. The fourth-order valence-corrected chi connectivity index (χ4v) is 4.34. The monoisotopic (exact) mass is 500 g/mol. The molecule has 2 aromatic carbocycles. The highest BCUT2D eigenvalue weighted by Crippen LogP contribution is 2.27. The molecule has 8 heteroatoms. The lowest BCUT2D eigenvalue weighted by Crippen LogP contribution is -2.52. The molecule has 1 N–H and O–H groups in total. The van der Waals surface area contributed by atoms with Gasteiger partial charge in [-0.25, -0.2) is 0 Å². The first kappa shape index (κ1) is 25.9. The molecule has 4 nitrogen and oxygen atoms in total. The molecule has 0 aliphatic heterocycles. The van der Waals surface area contributed by atoms with Gasteiger partial charge in [-0.1, -0.05) is 53.0 Å². The van der Waals surface area contributed by atoms with Crippen LogP contribution in [0.5, 0.6) is 0 Å². The number of thioether (sulfide) groups is 1. The van der Waals surface area contributed by atoms with Crippen molar-refractivity contribution >= 4 is 58.4 Å². The summed E-state index contributed by atoms with van der Waals surface area (Å²) in [5.74, 6) is 0.488. The van der Waals surface area contributed by atoms with Crippen LogP contribution >= 0.6 is 46.6 Å². The third-order valence-corrected chi connectivity index (χ3v) is 6.41. The molecule has 2 rings (SSSR count). The van der Waals surface area contributed by atoms with Gasteiger partial charge in [-0.3, -0.25) is 9.59 Å². The molecule has 168 valence electrons. The Hall–Kier alpha value is -1.40. The Labute approximate surface area is 203 Å². The second-order valence-electron chi connectivity index (χ2n) is 8.26. The van der Waals surface area contributed by atoms with Crippen molar-refractivity contribution in [1.29, 1.82) is 0 Å². The number of carbonyl (C=O) groups is 2. The van der Waals surface area contributed by atoms with E-state index < -0.39 is 11.6 Å². The highest BCUT2D eigenvalue weighted by atomic mass is 35.5. The number of rotatable bonds is 8. The van der Waals surface area contributed by atoms with Gasteiger partial charge in [-0.05, 0) is 57.5 Å². The van der Waals surface area contributed by atoms with E-state index in [1.54, 1.807) is 25.1 Å². The SMILES string of the molecule is C[C@H](C(=O)NC(C)(C)C)N(Cc1c(Cl)cccc1Cl)C(=O)CSCc1ccc(Cl)cc1. The van der Waals surface area contributed by atoms with Crippen LogP contribution in [0.2, 0.25) is 15.1 Å². The zero-order valence-electron chi connectivity index (χ0n) is 18.0. The summed E-state index contributed by atoms with van der Waals surface area (Å²) < 4.78 is 0. The minimum absolute atomic E-state index is 0.150. The minimum atomic E-state index is -0.685. The summed E-state index contributed by atoms with van der Waals surface area (Å²) in [6.45, 7) is 7.56. The van der Waals surface area contributed by atoms with Crippen molar-refractivity contribution < 1.29 is 9.59 Å². The first-order valence-corrected chi connectivity index (χ1v) is 12.1. The highest BCUT2D eigenvalue weighted by molar-refractivity contribution is 7.99. The van der Waals surface area contributed by atoms with Crippen LogP contribution in [0.15, 0.2) is 42.5 Å². The Bertz CT molecular complexity index is 894. The molecular formula is C23H27Cl3N2O2S. The highest BCUT2D eigenvalue weighted by Gasteiger charge is 2.29. The molecular weight excluding hydrogens is 475 g/mol. The van der Waals surface area contributed by atoms with E-state index in [9.17, 15) is 9.59 Å². The topological polar surface area (TPSA) is 49.4 Å². The van der Waals surface area contributed by atoms with E-state index in [2.05, 4.69) is 5.32 Å². The molecule has 0 aromatic heterocycles. The van der Waals surface area contributed by atoms with Crippen molar-refractivity contribution in [1.82, 2.24) is 10.2 Å². The number of halogens is 3. The first-order chi connectivity index (χ1) is 14.5. The van der Waals surface area contributed by atoms with E-state index in [-0.39, 0.29) is 24.1 Å². The minimum Gasteiger partial charge on any atom is -0.350 e. The zero-order chi connectivity index (χ0) is 23.2. The van der Waals surface area contributed by atoms with Gasteiger partial charge < -0.3 is 10.2 Å². The summed E-state index contributed by atoms with van der Waals surface area (Å²) in [4.78, 5) is 27.5. The second-order valence-corrected chi connectivity index (χ2v) is 10.5. The number of amides is 2. The number of hydrogen-bond donors (Lipinski definition) is 1. The molecule has 0 fully saturated rings. The lowest BCUT2D eigenvalue weighted by Gasteiger charge is -2.32. The Morgan fingerprint density at radius 3 is 2.16 bits per heavy atom. The van der Waals surface area contributed by atoms with Crippen LogP contribution in [0.4, 0.5) is 0 Å². The number of hydrogen-bond acceptors (Lipinski definition) is 3. The number of nitrogens with one attached hydrogen (secondary N) is 1. The van der Waals surface area contributed by atoms with E-state index in [1.807, 2.05) is 45.0 Å². The zero-order valence-corrected chi connectivity index (χ0v) is 21.1. The molecule has 0 heterocycles. The molecule has 2 aromatic rings. The number of benzene rings is 2. The van der Waals surface area contributed by atoms with Gasteiger partial charge in [-0.2, -0.15) is 0 Å². The summed E-state index contributed by atoms with van der Waals surface area (Å²) in [5.41, 5.74) is 1.28. The van der Waals surface area contributed by atoms with Crippen molar-refractivity contribution in [2.24, 2.45) is 0 Å². The first-order valence-electron chi connectivity index (χ1n) is 9.84. The maximum absolute atomic E-state index is 13.1. The fraction of sp³-hybridized carbons (Fsp3) is 0.391. The van der Waals surface area contributed by atoms with Gasteiger partial charge in [0.25, 0.3) is 0 Å². The lowest BCUT2D eigenvalue weighted by atomic mass is 10.1. The molecule has 0 radical (unpaired) electrons. The molecule has 31 heavy (non-hydrogen) atoms. The van der Waals surface area contributed by atoms with Crippen molar-refractivity contribution in [2.45, 2.75) is 51.6 Å². The smallest absolute Gasteiger partial charge is 0.242 e. The average Bonchev–Trinajstić information content (AvgIpc) is 2.67. The van der Waals surface area contributed by atoms with Gasteiger partial charge >= 0.3 is 0 Å². The van der Waals surface area contributed by atoms with E-state index in [0.29, 0.717) is 26.4 Å². The van der Waals surface area contributed by atoms with Crippen LogP contribution < -0.4 is 5.32 Å². The van der Waals surface area contributed by atoms with Crippen molar-refractivity contribution in [3.8, 4) is 0 Å². The molecule has 0 unspecified atom stereocenters. The third-order valence-electron chi connectivity index (χ3n) is 4.46. The predicted octanol–water partition coefficient (Wildman–Crippen LogP) is 6.21. The van der Waals surface area contributed by atoms with Crippen LogP contribution in [-0.2, 0) is 21.9 Å². The Morgan fingerprint density at radius 2 is 1.61 bits per heavy atom. The van der Waals surface area contributed by atoms with Gasteiger partial charge in [0, 0.05) is 38.5 Å². The van der Waals surface area contributed by atoms with Gasteiger partial charge in [0.2, 0.25) is 11.8 Å². The predicted molar refractivity (Wildman–Crippen MR) is 132 cm³/mol. The van der Waals surface area contributed by atoms with Gasteiger partial charge in [0.15, 0.2) is 0 Å². The molecule has 1 atom stereocenters. The third kappa shape index (κ3) is 8.23. The van der Waals surface area contributed by atoms with E-state index in [1.165, 1.54) is 16.7 Å². The van der Waals surface area contributed by atoms with Gasteiger partial charge in [0.05, 0.1) is 5.75 Å². The second kappa shape index (κ2) is 11.5. The fourth-order valence-electron chi connectivity index (χ4n) is 2.83. The Morgan fingerprint density at radius 1 is 1.03 bits per heavy atom. The summed E-state index contributed by atoms with van der Waals surface area (Å²) in [5, 5.41) is 4.53. The van der Waals surface area contributed by atoms with Gasteiger partial charge in [0.1, 0.15) is 6.04 Å². The normalized spacial score (nSPS) is 12.4.